The Morgan fingerprint density at radius 1 is 0.963 bits per heavy atom. The average molecular weight is 355 g/mol. The van der Waals surface area contributed by atoms with Crippen LogP contribution in [0.5, 0.6) is 0 Å². The summed E-state index contributed by atoms with van der Waals surface area (Å²) in [6, 6.07) is 21.0. The molecule has 4 rings (SSSR count). The number of benzene rings is 2. The number of para-hydroxylation sites is 2. The normalized spacial score (nSPS) is 10.6. The number of aryl methyl sites for hydroxylation is 1. The molecule has 0 saturated heterocycles. The van der Waals surface area contributed by atoms with E-state index in [0.717, 1.165) is 16.9 Å². The maximum absolute atomic E-state index is 12.8. The van der Waals surface area contributed by atoms with E-state index in [1.54, 1.807) is 17.1 Å². The van der Waals surface area contributed by atoms with Crippen LogP contribution in [0.2, 0.25) is 0 Å². The summed E-state index contributed by atoms with van der Waals surface area (Å²) < 4.78 is 1.61. The minimum absolute atomic E-state index is 0.216. The Labute approximate surface area is 156 Å². The number of nitrogens with zero attached hydrogens (tertiary/aromatic N) is 4. The molecule has 0 aliphatic carbocycles. The van der Waals surface area contributed by atoms with Crippen LogP contribution in [0.4, 0.5) is 5.69 Å². The number of aromatic nitrogens is 4. The van der Waals surface area contributed by atoms with Gasteiger partial charge in [-0.1, -0.05) is 42.5 Å². The molecule has 0 unspecified atom stereocenters. The first-order chi connectivity index (χ1) is 13.2. The lowest BCUT2D eigenvalue weighted by atomic mass is 10.1. The molecule has 1 amide bonds. The standard InChI is InChI=1S/C21H17N5O/c1-15-17(11-12-18(24-15)16-7-3-2-4-8-16)21(27)25-19-9-5-6-10-20(19)26-14-22-13-23-26/h2-14H,1H3,(H,25,27). The lowest BCUT2D eigenvalue weighted by Crippen LogP contribution is -2.16. The minimum Gasteiger partial charge on any atom is -0.320 e. The van der Waals surface area contributed by atoms with Gasteiger partial charge in [0.25, 0.3) is 5.91 Å². The van der Waals surface area contributed by atoms with Crippen molar-refractivity contribution in [1.82, 2.24) is 19.7 Å². The third-order valence-corrected chi connectivity index (χ3v) is 4.22. The van der Waals surface area contributed by atoms with Crippen LogP contribution in [0.3, 0.4) is 0 Å². The topological polar surface area (TPSA) is 72.7 Å². The molecule has 0 atom stereocenters. The zero-order valence-electron chi connectivity index (χ0n) is 14.7. The van der Waals surface area contributed by atoms with E-state index in [2.05, 4.69) is 20.4 Å². The fourth-order valence-electron chi connectivity index (χ4n) is 2.87. The highest BCUT2D eigenvalue weighted by Crippen LogP contribution is 2.22. The van der Waals surface area contributed by atoms with Gasteiger partial charge in [-0.05, 0) is 31.2 Å². The van der Waals surface area contributed by atoms with E-state index < -0.39 is 0 Å². The van der Waals surface area contributed by atoms with Gasteiger partial charge in [-0.25, -0.2) is 9.67 Å². The monoisotopic (exact) mass is 355 g/mol. The summed E-state index contributed by atoms with van der Waals surface area (Å²) in [5.74, 6) is -0.216. The Balaban J connectivity index is 1.61. The van der Waals surface area contributed by atoms with E-state index >= 15 is 0 Å². The van der Waals surface area contributed by atoms with Crippen molar-refractivity contribution in [2.45, 2.75) is 6.92 Å². The Morgan fingerprint density at radius 2 is 1.74 bits per heavy atom. The Hall–Kier alpha value is -3.80. The largest absolute Gasteiger partial charge is 0.320 e. The Morgan fingerprint density at radius 3 is 2.48 bits per heavy atom. The fraction of sp³-hybridized carbons (Fsp3) is 0.0476. The van der Waals surface area contributed by atoms with Crippen LogP contribution >= 0.6 is 0 Å². The van der Waals surface area contributed by atoms with Gasteiger partial charge in [-0.15, -0.1) is 0 Å². The summed E-state index contributed by atoms with van der Waals surface area (Å²) in [6.07, 6.45) is 3.04. The van der Waals surface area contributed by atoms with Crippen molar-refractivity contribution in [2.24, 2.45) is 0 Å². The van der Waals surface area contributed by atoms with Crippen molar-refractivity contribution in [2.75, 3.05) is 5.32 Å². The SMILES string of the molecule is Cc1nc(-c2ccccc2)ccc1C(=O)Nc1ccccc1-n1cncn1. The van der Waals surface area contributed by atoms with Gasteiger partial charge in [0, 0.05) is 5.56 Å². The predicted octanol–water partition coefficient (Wildman–Crippen LogP) is 3.89. The van der Waals surface area contributed by atoms with Crippen LogP contribution in [-0.4, -0.2) is 25.7 Å². The van der Waals surface area contributed by atoms with Gasteiger partial charge in [-0.3, -0.25) is 9.78 Å². The lowest BCUT2D eigenvalue weighted by Gasteiger charge is -2.12. The van der Waals surface area contributed by atoms with Crippen molar-refractivity contribution in [3.8, 4) is 16.9 Å². The Kier molecular flexibility index (Phi) is 4.45. The molecule has 27 heavy (non-hydrogen) atoms. The molecule has 2 aromatic heterocycles. The summed E-state index contributed by atoms with van der Waals surface area (Å²) >= 11 is 0. The molecule has 2 heterocycles. The highest BCUT2D eigenvalue weighted by atomic mass is 16.1. The Bertz CT molecular complexity index is 1070. The first-order valence-corrected chi connectivity index (χ1v) is 8.51. The van der Waals surface area contributed by atoms with Crippen LogP contribution in [0.15, 0.2) is 79.4 Å². The molecule has 6 heteroatoms. The molecule has 0 spiro atoms. The van der Waals surface area contributed by atoms with E-state index in [0.29, 0.717) is 16.9 Å². The number of pyridine rings is 1. The van der Waals surface area contributed by atoms with Gasteiger partial charge < -0.3 is 5.32 Å². The quantitative estimate of drug-likeness (QED) is 0.603. The summed E-state index contributed by atoms with van der Waals surface area (Å²) in [5, 5.41) is 7.08. The number of hydrogen-bond acceptors (Lipinski definition) is 4. The number of anilines is 1. The van der Waals surface area contributed by atoms with Crippen LogP contribution < -0.4 is 5.32 Å². The van der Waals surface area contributed by atoms with Crippen molar-refractivity contribution in [1.29, 1.82) is 0 Å². The van der Waals surface area contributed by atoms with E-state index in [1.165, 1.54) is 6.33 Å². The zero-order chi connectivity index (χ0) is 18.6. The molecular formula is C21H17N5O. The van der Waals surface area contributed by atoms with Crippen molar-refractivity contribution < 1.29 is 4.79 Å². The van der Waals surface area contributed by atoms with Crippen LogP contribution in [0, 0.1) is 6.92 Å². The van der Waals surface area contributed by atoms with Crippen LogP contribution in [-0.2, 0) is 0 Å². The first-order valence-electron chi connectivity index (χ1n) is 8.51. The van der Waals surface area contributed by atoms with E-state index in [1.807, 2.05) is 67.6 Å². The maximum atomic E-state index is 12.8. The number of carbonyl (C=O) groups excluding carboxylic acids is 1. The molecule has 0 aliphatic heterocycles. The van der Waals surface area contributed by atoms with Gasteiger partial charge in [0.05, 0.1) is 28.3 Å². The second-order valence-electron chi connectivity index (χ2n) is 6.01. The minimum atomic E-state index is -0.216. The predicted molar refractivity (Wildman–Crippen MR) is 104 cm³/mol. The second-order valence-corrected chi connectivity index (χ2v) is 6.01. The van der Waals surface area contributed by atoms with Crippen LogP contribution in [0.25, 0.3) is 16.9 Å². The molecule has 0 fully saturated rings. The van der Waals surface area contributed by atoms with Gasteiger partial charge in [0.15, 0.2) is 0 Å². The molecule has 1 N–H and O–H groups in total. The summed E-state index contributed by atoms with van der Waals surface area (Å²) in [6.45, 7) is 1.84. The number of carbonyl (C=O) groups is 1. The van der Waals surface area contributed by atoms with Crippen LogP contribution in [0.1, 0.15) is 16.1 Å². The smallest absolute Gasteiger partial charge is 0.257 e. The molecule has 4 aromatic rings. The molecule has 6 nitrogen and oxygen atoms in total. The summed E-state index contributed by atoms with van der Waals surface area (Å²) in [5.41, 5.74) is 4.46. The highest BCUT2D eigenvalue weighted by Gasteiger charge is 2.14. The van der Waals surface area contributed by atoms with Gasteiger partial charge in [0.2, 0.25) is 0 Å². The number of amides is 1. The maximum Gasteiger partial charge on any atom is 0.257 e. The van der Waals surface area contributed by atoms with Crippen molar-refractivity contribution >= 4 is 11.6 Å². The third-order valence-electron chi connectivity index (χ3n) is 4.22. The molecule has 132 valence electrons. The van der Waals surface area contributed by atoms with Crippen molar-refractivity contribution in [3.05, 3.63) is 90.6 Å². The van der Waals surface area contributed by atoms with E-state index in [9.17, 15) is 4.79 Å². The molecule has 0 saturated carbocycles. The summed E-state index contributed by atoms with van der Waals surface area (Å²) in [4.78, 5) is 21.4. The molecule has 0 radical (unpaired) electrons. The van der Waals surface area contributed by atoms with Gasteiger partial charge >= 0.3 is 0 Å². The highest BCUT2D eigenvalue weighted by molar-refractivity contribution is 6.06. The molecule has 0 bridgehead atoms. The average Bonchev–Trinajstić information content (AvgIpc) is 3.23. The molecule has 0 aliphatic rings. The van der Waals surface area contributed by atoms with Crippen molar-refractivity contribution in [3.63, 3.8) is 0 Å². The van der Waals surface area contributed by atoms with Gasteiger partial charge in [-0.2, -0.15) is 5.10 Å². The third kappa shape index (κ3) is 3.46. The number of rotatable bonds is 4. The second kappa shape index (κ2) is 7.21. The zero-order valence-corrected chi connectivity index (χ0v) is 14.7. The summed E-state index contributed by atoms with van der Waals surface area (Å²) in [7, 11) is 0. The fourth-order valence-corrected chi connectivity index (χ4v) is 2.87. The number of nitrogens with one attached hydrogen (secondary N) is 1. The van der Waals surface area contributed by atoms with E-state index in [-0.39, 0.29) is 5.91 Å². The first kappa shape index (κ1) is 16.7. The molecule has 2 aromatic carbocycles. The van der Waals surface area contributed by atoms with Gasteiger partial charge in [0.1, 0.15) is 12.7 Å². The van der Waals surface area contributed by atoms with E-state index in [4.69, 9.17) is 0 Å². The lowest BCUT2D eigenvalue weighted by molar-refractivity contribution is 0.102. The number of hydrogen-bond donors (Lipinski definition) is 1. The molecular weight excluding hydrogens is 338 g/mol.